The summed E-state index contributed by atoms with van der Waals surface area (Å²) >= 11 is 4.14. The maximum Gasteiger partial charge on any atom is 0.151 e. The third-order valence-corrected chi connectivity index (χ3v) is 1.98. The molecule has 0 fully saturated rings. The van der Waals surface area contributed by atoms with Crippen LogP contribution in [-0.4, -0.2) is 31.6 Å². The molecule has 0 N–H and O–H groups in total. The number of rotatable bonds is 3. The van der Waals surface area contributed by atoms with Crippen LogP contribution in [-0.2, 0) is 0 Å². The van der Waals surface area contributed by atoms with Crippen molar-refractivity contribution in [1.82, 2.24) is 4.90 Å². The molecule has 4 heteroatoms. The molecule has 0 aliphatic rings. The highest BCUT2D eigenvalue weighted by Gasteiger charge is 1.98. The molecule has 1 aromatic rings. The second-order valence-electron chi connectivity index (χ2n) is 3.07. The number of nitrogens with zero attached hydrogens (tertiary/aromatic N) is 2. The van der Waals surface area contributed by atoms with Crippen LogP contribution in [0.15, 0.2) is 28.1 Å². The molecule has 74 valence electrons. The number of carbonyl (C=O) groups is 1. The Kier molecular flexibility index (Phi) is 3.71. The summed E-state index contributed by atoms with van der Waals surface area (Å²) in [7, 11) is 3.77. The molecule has 0 radical (unpaired) electrons. The van der Waals surface area contributed by atoms with Crippen LogP contribution >= 0.6 is 12.6 Å². The lowest BCUT2D eigenvalue weighted by Gasteiger charge is -2.03. The Balaban J connectivity index is 2.95. The molecule has 0 unspecified atom stereocenters. The predicted molar refractivity (Wildman–Crippen MR) is 60.9 cm³/mol. The fraction of sp³-hybridized carbons (Fsp3) is 0.200. The van der Waals surface area contributed by atoms with Gasteiger partial charge in [-0.15, -0.1) is 12.6 Å². The van der Waals surface area contributed by atoms with Crippen molar-refractivity contribution in [3.05, 3.63) is 23.8 Å². The topological polar surface area (TPSA) is 32.7 Å². The van der Waals surface area contributed by atoms with E-state index in [1.165, 1.54) is 0 Å². The van der Waals surface area contributed by atoms with Gasteiger partial charge in [-0.2, -0.15) is 0 Å². The van der Waals surface area contributed by atoms with Gasteiger partial charge >= 0.3 is 0 Å². The lowest BCUT2D eigenvalue weighted by molar-refractivity contribution is 0.112. The Morgan fingerprint density at radius 3 is 2.71 bits per heavy atom. The van der Waals surface area contributed by atoms with Gasteiger partial charge < -0.3 is 4.90 Å². The molecule has 0 aromatic heterocycles. The van der Waals surface area contributed by atoms with Gasteiger partial charge in [-0.05, 0) is 18.2 Å². The van der Waals surface area contributed by atoms with E-state index in [1.807, 2.05) is 25.1 Å². The predicted octanol–water partition coefficient (Wildman–Crippen LogP) is 2.01. The number of aliphatic imine (C=N–C) groups is 1. The molecule has 0 aliphatic heterocycles. The van der Waals surface area contributed by atoms with Gasteiger partial charge in [-0.3, -0.25) is 4.79 Å². The van der Waals surface area contributed by atoms with Crippen molar-refractivity contribution < 1.29 is 4.79 Å². The summed E-state index contributed by atoms with van der Waals surface area (Å²) in [5, 5.41) is 0. The van der Waals surface area contributed by atoms with Crippen LogP contribution in [0, 0.1) is 0 Å². The van der Waals surface area contributed by atoms with Crippen molar-refractivity contribution >= 4 is 30.9 Å². The molecule has 3 nitrogen and oxygen atoms in total. The Hall–Kier alpha value is -1.29. The lowest BCUT2D eigenvalue weighted by Crippen LogP contribution is -2.06. The summed E-state index contributed by atoms with van der Waals surface area (Å²) in [5.41, 5.74) is 1.31. The van der Waals surface area contributed by atoms with Gasteiger partial charge in [0.25, 0.3) is 0 Å². The molecular formula is C10H12N2OS. The molecule has 0 atom stereocenters. The molecule has 0 saturated heterocycles. The number of hydrogen-bond acceptors (Lipinski definition) is 3. The molecule has 1 aromatic carbocycles. The highest BCUT2D eigenvalue weighted by atomic mass is 32.1. The molecule has 0 aliphatic carbocycles. The Morgan fingerprint density at radius 2 is 2.14 bits per heavy atom. The van der Waals surface area contributed by atoms with Crippen molar-refractivity contribution in [3.63, 3.8) is 0 Å². The van der Waals surface area contributed by atoms with E-state index in [9.17, 15) is 4.79 Å². The number of aldehydes is 1. The van der Waals surface area contributed by atoms with Crippen molar-refractivity contribution in [3.8, 4) is 0 Å². The number of carbonyl (C=O) groups excluding carboxylic acids is 1. The summed E-state index contributed by atoms with van der Waals surface area (Å²) in [4.78, 5) is 17.3. The van der Waals surface area contributed by atoms with Crippen molar-refractivity contribution in [2.45, 2.75) is 4.90 Å². The largest absolute Gasteiger partial charge is 0.369 e. The highest BCUT2D eigenvalue weighted by Crippen LogP contribution is 2.19. The Bertz CT molecular complexity index is 361. The monoisotopic (exact) mass is 208 g/mol. The van der Waals surface area contributed by atoms with E-state index in [1.54, 1.807) is 18.5 Å². The molecule has 0 bridgehead atoms. The third kappa shape index (κ3) is 2.88. The number of thiol groups is 1. The number of hydrogen-bond donors (Lipinski definition) is 1. The van der Waals surface area contributed by atoms with Crippen LogP contribution in [0.2, 0.25) is 0 Å². The summed E-state index contributed by atoms with van der Waals surface area (Å²) in [6, 6.07) is 5.28. The zero-order valence-electron chi connectivity index (χ0n) is 8.14. The van der Waals surface area contributed by atoms with E-state index in [0.717, 1.165) is 12.0 Å². The van der Waals surface area contributed by atoms with E-state index in [2.05, 4.69) is 17.6 Å². The molecule has 0 heterocycles. The van der Waals surface area contributed by atoms with Crippen molar-refractivity contribution in [2.75, 3.05) is 14.1 Å². The molecule has 0 spiro atoms. The van der Waals surface area contributed by atoms with E-state index in [4.69, 9.17) is 0 Å². The first-order chi connectivity index (χ1) is 6.63. The van der Waals surface area contributed by atoms with Gasteiger partial charge in [-0.1, -0.05) is 0 Å². The molecule has 14 heavy (non-hydrogen) atoms. The quantitative estimate of drug-likeness (QED) is 0.357. The normalized spacial score (nSPS) is 10.5. The minimum Gasteiger partial charge on any atom is -0.369 e. The van der Waals surface area contributed by atoms with E-state index < -0.39 is 0 Å². The summed E-state index contributed by atoms with van der Waals surface area (Å²) in [6.45, 7) is 0. The second-order valence-corrected chi connectivity index (χ2v) is 3.55. The third-order valence-electron chi connectivity index (χ3n) is 1.58. The van der Waals surface area contributed by atoms with E-state index >= 15 is 0 Å². The smallest absolute Gasteiger partial charge is 0.151 e. The van der Waals surface area contributed by atoms with Crippen LogP contribution in [0.4, 0.5) is 5.69 Å². The van der Waals surface area contributed by atoms with E-state index in [-0.39, 0.29) is 0 Å². The maximum absolute atomic E-state index is 10.6. The minimum atomic E-state index is 0.557. The van der Waals surface area contributed by atoms with Crippen LogP contribution < -0.4 is 0 Å². The summed E-state index contributed by atoms with van der Waals surface area (Å²) in [5.74, 6) is 0. The number of benzene rings is 1. The van der Waals surface area contributed by atoms with Crippen LogP contribution in [0.5, 0.6) is 0 Å². The fourth-order valence-electron chi connectivity index (χ4n) is 0.899. The van der Waals surface area contributed by atoms with E-state index in [0.29, 0.717) is 10.5 Å². The summed E-state index contributed by atoms with van der Waals surface area (Å²) < 4.78 is 0. The standard InChI is InChI=1S/C10H12N2OS/c1-12(2)7-11-9-3-4-10(14)8(5-9)6-13/h3-7,14H,1-2H3. The molecular weight excluding hydrogens is 196 g/mol. The zero-order chi connectivity index (χ0) is 10.6. The lowest BCUT2D eigenvalue weighted by atomic mass is 10.2. The fourth-order valence-corrected chi connectivity index (χ4v) is 1.09. The van der Waals surface area contributed by atoms with Gasteiger partial charge in [0.2, 0.25) is 0 Å². The van der Waals surface area contributed by atoms with Gasteiger partial charge in [0, 0.05) is 24.6 Å². The average Bonchev–Trinajstić information content (AvgIpc) is 2.16. The van der Waals surface area contributed by atoms with Gasteiger partial charge in [-0.25, -0.2) is 4.99 Å². The molecule has 0 saturated carbocycles. The maximum atomic E-state index is 10.6. The van der Waals surface area contributed by atoms with Gasteiger partial charge in [0.15, 0.2) is 6.29 Å². The first kappa shape index (κ1) is 10.8. The molecule has 0 amide bonds. The molecule has 1 rings (SSSR count). The van der Waals surface area contributed by atoms with Crippen LogP contribution in [0.25, 0.3) is 0 Å². The van der Waals surface area contributed by atoms with Gasteiger partial charge in [0.05, 0.1) is 12.0 Å². The SMILES string of the molecule is CN(C)C=Nc1ccc(S)c(C=O)c1. The zero-order valence-corrected chi connectivity index (χ0v) is 9.03. The second kappa shape index (κ2) is 4.81. The first-order valence-corrected chi connectivity index (χ1v) is 4.57. The van der Waals surface area contributed by atoms with Crippen molar-refractivity contribution in [2.24, 2.45) is 4.99 Å². The van der Waals surface area contributed by atoms with Crippen molar-refractivity contribution in [1.29, 1.82) is 0 Å². The van der Waals surface area contributed by atoms with Crippen LogP contribution in [0.1, 0.15) is 10.4 Å². The average molecular weight is 208 g/mol. The van der Waals surface area contributed by atoms with Gasteiger partial charge in [0.1, 0.15) is 0 Å². The Labute approximate surface area is 88.9 Å². The highest BCUT2D eigenvalue weighted by molar-refractivity contribution is 7.80. The first-order valence-electron chi connectivity index (χ1n) is 4.12. The Morgan fingerprint density at radius 1 is 1.43 bits per heavy atom. The van der Waals surface area contributed by atoms with Crippen LogP contribution in [0.3, 0.4) is 0 Å². The minimum absolute atomic E-state index is 0.557. The summed E-state index contributed by atoms with van der Waals surface area (Å²) in [6.07, 6.45) is 2.46.